The van der Waals surface area contributed by atoms with Crippen LogP contribution in [0.4, 0.5) is 4.39 Å². The van der Waals surface area contributed by atoms with E-state index in [2.05, 4.69) is 9.97 Å². The smallest absolute Gasteiger partial charge is 0.223 e. The van der Waals surface area contributed by atoms with Crippen molar-refractivity contribution in [2.24, 2.45) is 0 Å². The van der Waals surface area contributed by atoms with Crippen LogP contribution >= 0.6 is 11.3 Å². The van der Waals surface area contributed by atoms with Gasteiger partial charge in [0.2, 0.25) is 5.78 Å². The Kier molecular flexibility index (Phi) is 2.73. The number of aliphatic hydroxyl groups is 1. The van der Waals surface area contributed by atoms with Crippen molar-refractivity contribution in [2.75, 3.05) is 0 Å². The van der Waals surface area contributed by atoms with Gasteiger partial charge in [-0.3, -0.25) is 4.79 Å². The number of hydrogen-bond donors (Lipinski definition) is 2. The van der Waals surface area contributed by atoms with Gasteiger partial charge in [-0.05, 0) is 24.6 Å². The van der Waals surface area contributed by atoms with E-state index in [9.17, 15) is 14.3 Å². The van der Waals surface area contributed by atoms with Crippen molar-refractivity contribution in [3.8, 4) is 0 Å². The molecule has 0 spiro atoms. The molecule has 0 aliphatic carbocycles. The van der Waals surface area contributed by atoms with Gasteiger partial charge in [0.1, 0.15) is 5.82 Å². The van der Waals surface area contributed by atoms with Crippen LogP contribution in [0.15, 0.2) is 29.8 Å². The first-order valence-corrected chi connectivity index (χ1v) is 6.97. The van der Waals surface area contributed by atoms with E-state index in [-0.39, 0.29) is 21.6 Å². The van der Waals surface area contributed by atoms with Crippen LogP contribution in [0.1, 0.15) is 44.6 Å². The zero-order valence-corrected chi connectivity index (χ0v) is 11.8. The quantitative estimate of drug-likeness (QED) is 0.726. The molecule has 3 rings (SSSR count). The predicted octanol–water partition coefficient (Wildman–Crippen LogP) is 3.44. The number of thiazole rings is 1. The van der Waals surface area contributed by atoms with Crippen molar-refractivity contribution in [3.63, 3.8) is 0 Å². The molecular weight excluding hydrogens is 291 g/mol. The second-order valence-corrected chi connectivity index (χ2v) is 5.21. The van der Waals surface area contributed by atoms with Crippen molar-refractivity contribution in [3.05, 3.63) is 51.8 Å². The average Bonchev–Trinajstić information content (AvgIpc) is 3.08. The molecule has 0 bridgehead atoms. The third-order valence-electron chi connectivity index (χ3n) is 3.09. The number of nitrogens with zero attached hydrogens (tertiary/aromatic N) is 1. The molecule has 0 radical (unpaired) electrons. The van der Waals surface area contributed by atoms with Gasteiger partial charge in [0.15, 0.2) is 5.01 Å². The maximum atomic E-state index is 13.2. The van der Waals surface area contributed by atoms with Gasteiger partial charge in [0, 0.05) is 25.2 Å². The second-order valence-electron chi connectivity index (χ2n) is 4.42. The monoisotopic (exact) mass is 307 g/mol. The highest BCUT2D eigenvalue weighted by atomic mass is 32.1. The summed E-state index contributed by atoms with van der Waals surface area (Å²) in [6, 6.07) is 3.99. The highest BCUT2D eigenvalue weighted by Crippen LogP contribution is 2.25. The van der Waals surface area contributed by atoms with Gasteiger partial charge in [0.25, 0.3) is 0 Å². The van der Waals surface area contributed by atoms with Gasteiger partial charge in [0.05, 0.1) is 18.7 Å². The van der Waals surface area contributed by atoms with E-state index in [1.54, 1.807) is 0 Å². The lowest BCUT2D eigenvalue weighted by molar-refractivity contribution is 0.103. The fourth-order valence-corrected chi connectivity index (χ4v) is 2.71. The van der Waals surface area contributed by atoms with Gasteiger partial charge in [-0.2, -0.15) is 0 Å². The number of fused-ring (bicyclic) bond motifs is 1. The Morgan fingerprint density at radius 1 is 1.67 bits per heavy atom. The Morgan fingerprint density at radius 3 is 3.24 bits per heavy atom. The number of aliphatic hydroxyl groups excluding tert-OH is 1. The number of benzene rings is 1. The molecule has 6 heteroatoms. The minimum Gasteiger partial charge on any atom is -0.387 e. The molecule has 2 heterocycles. The molecule has 0 aliphatic heterocycles. The van der Waals surface area contributed by atoms with Crippen LogP contribution in [-0.4, -0.2) is 20.9 Å². The first-order valence-electron chi connectivity index (χ1n) is 7.65. The molecule has 0 saturated heterocycles. The van der Waals surface area contributed by atoms with E-state index in [1.807, 2.05) is 0 Å². The van der Waals surface area contributed by atoms with Crippen LogP contribution in [0, 0.1) is 5.82 Å². The van der Waals surface area contributed by atoms with Crippen LogP contribution < -0.4 is 0 Å². The van der Waals surface area contributed by atoms with E-state index in [0.717, 1.165) is 11.3 Å². The molecule has 0 aliphatic rings. The predicted molar refractivity (Wildman–Crippen MR) is 79.1 cm³/mol. The minimum absolute atomic E-state index is 0.0245. The summed E-state index contributed by atoms with van der Waals surface area (Å²) in [5, 5.41) is 10.3. The van der Waals surface area contributed by atoms with E-state index in [1.165, 1.54) is 31.3 Å². The number of hydrogen-bond acceptors (Lipinski definition) is 4. The molecule has 0 fully saturated rings. The standard InChI is InChI=1S/C15H13FN2O2S/c1-2-13(19)12-7-21-15(18-12)14(20)10-6-17-11-5-8(16)3-4-9(10)11/h3-7,13,17,19H,2H2,1H3/t13-/m0/s1/i2D2,7D. The number of nitrogens with one attached hydrogen (secondary N) is 1. The van der Waals surface area contributed by atoms with Crippen molar-refractivity contribution in [2.45, 2.75) is 19.4 Å². The SMILES string of the molecule is [2H]c1sc(C(=O)c2c[nH]c3cc(F)ccc23)nc1[C@@H](O)C([2H])([2H])C. The lowest BCUT2D eigenvalue weighted by Gasteiger charge is -2.01. The Labute approximate surface area is 128 Å². The topological polar surface area (TPSA) is 66.0 Å². The van der Waals surface area contributed by atoms with E-state index < -0.39 is 24.1 Å². The first kappa shape index (κ1) is 10.6. The Balaban J connectivity index is 2.01. The second kappa shape index (κ2) is 5.38. The number of H-pyrrole nitrogens is 1. The van der Waals surface area contributed by atoms with Gasteiger partial charge in [-0.15, -0.1) is 11.3 Å². The highest BCUT2D eigenvalue weighted by molar-refractivity contribution is 7.12. The van der Waals surface area contributed by atoms with Crippen molar-refractivity contribution in [1.82, 2.24) is 9.97 Å². The summed E-state index contributed by atoms with van der Waals surface area (Å²) in [5.74, 6) is -0.900. The zero-order valence-electron chi connectivity index (χ0n) is 14.0. The number of aromatic nitrogens is 2. The normalized spacial score (nSPS) is 15.5. The molecule has 21 heavy (non-hydrogen) atoms. The average molecular weight is 307 g/mol. The van der Waals surface area contributed by atoms with Crippen LogP contribution in [0.2, 0.25) is 0 Å². The number of rotatable bonds is 4. The van der Waals surface area contributed by atoms with E-state index in [4.69, 9.17) is 4.11 Å². The summed E-state index contributed by atoms with van der Waals surface area (Å²) in [7, 11) is 0. The summed E-state index contributed by atoms with van der Waals surface area (Å²) in [6.07, 6.45) is -2.14. The summed E-state index contributed by atoms with van der Waals surface area (Å²) in [5.41, 5.74) is 0.576. The maximum absolute atomic E-state index is 13.2. The Morgan fingerprint density at radius 2 is 2.48 bits per heavy atom. The maximum Gasteiger partial charge on any atom is 0.223 e. The molecule has 1 atom stereocenters. The molecule has 1 aromatic carbocycles. The lowest BCUT2D eigenvalue weighted by Crippen LogP contribution is -2.02. The zero-order chi connectivity index (χ0) is 17.6. The summed E-state index contributed by atoms with van der Waals surface area (Å²) < 4.78 is 36.1. The number of carbonyl (C=O) groups is 1. The van der Waals surface area contributed by atoms with Gasteiger partial charge < -0.3 is 10.1 Å². The summed E-state index contributed by atoms with van der Waals surface area (Å²) in [4.78, 5) is 19.4. The third kappa shape index (κ3) is 2.48. The van der Waals surface area contributed by atoms with Crippen LogP contribution in [0.3, 0.4) is 0 Å². The van der Waals surface area contributed by atoms with Crippen LogP contribution in [0.25, 0.3) is 10.9 Å². The summed E-state index contributed by atoms with van der Waals surface area (Å²) >= 11 is 0.768. The summed E-state index contributed by atoms with van der Waals surface area (Å²) in [6.45, 7) is 1.17. The van der Waals surface area contributed by atoms with E-state index in [0.29, 0.717) is 10.9 Å². The molecule has 3 aromatic rings. The van der Waals surface area contributed by atoms with Crippen molar-refractivity contribution >= 4 is 28.0 Å². The molecule has 0 saturated carbocycles. The Bertz CT molecular complexity index is 933. The molecule has 2 aromatic heterocycles. The largest absolute Gasteiger partial charge is 0.387 e. The number of aromatic amines is 1. The molecule has 0 unspecified atom stereocenters. The first-order chi connectivity index (χ1) is 11.2. The minimum atomic E-state index is -1.98. The Hall–Kier alpha value is -2.05. The number of ketones is 1. The molecule has 2 N–H and O–H groups in total. The van der Waals surface area contributed by atoms with Crippen molar-refractivity contribution < 1.29 is 18.4 Å². The molecule has 4 nitrogen and oxygen atoms in total. The molecule has 108 valence electrons. The van der Waals surface area contributed by atoms with Crippen LogP contribution in [-0.2, 0) is 0 Å². The molecule has 0 amide bonds. The fourth-order valence-electron chi connectivity index (χ4n) is 2.01. The van der Waals surface area contributed by atoms with Crippen LogP contribution in [0.5, 0.6) is 0 Å². The van der Waals surface area contributed by atoms with E-state index >= 15 is 0 Å². The third-order valence-corrected chi connectivity index (χ3v) is 3.87. The lowest BCUT2D eigenvalue weighted by atomic mass is 10.1. The highest BCUT2D eigenvalue weighted by Gasteiger charge is 2.19. The number of carbonyl (C=O) groups excluding carboxylic acids is 1. The van der Waals surface area contributed by atoms with Crippen molar-refractivity contribution in [1.29, 1.82) is 0 Å². The fraction of sp³-hybridized carbons (Fsp3) is 0.200. The van der Waals surface area contributed by atoms with Gasteiger partial charge in [-0.25, -0.2) is 9.37 Å². The molecular formula is C15H13FN2O2S. The van der Waals surface area contributed by atoms with Gasteiger partial charge >= 0.3 is 0 Å². The number of halogens is 1. The van der Waals surface area contributed by atoms with Gasteiger partial charge in [-0.1, -0.05) is 6.92 Å².